The first kappa shape index (κ1) is 26.4. The molecule has 0 spiro atoms. The summed E-state index contributed by atoms with van der Waals surface area (Å²) >= 11 is 6.73. The average Bonchev–Trinajstić information content (AvgIpc) is 3.09. The van der Waals surface area contributed by atoms with E-state index in [1.807, 2.05) is 115 Å². The van der Waals surface area contributed by atoms with Crippen LogP contribution in [0.15, 0.2) is 146 Å². The Morgan fingerprint density at radius 3 is 1.74 bits per heavy atom. The van der Waals surface area contributed by atoms with Crippen LogP contribution in [0.25, 0.3) is 67.7 Å². The Hall–Kier alpha value is -5.52. The first-order valence-electron chi connectivity index (χ1n) is 13.9. The molecule has 0 bridgehead atoms. The summed E-state index contributed by atoms with van der Waals surface area (Å²) in [5.41, 5.74) is 8.50. The van der Waals surface area contributed by atoms with E-state index in [0.717, 1.165) is 50.2 Å². The summed E-state index contributed by atoms with van der Waals surface area (Å²) in [6.45, 7) is 0. The van der Waals surface area contributed by atoms with E-state index in [1.54, 1.807) is 12.4 Å². The third kappa shape index (κ3) is 5.67. The zero-order valence-electron chi connectivity index (χ0n) is 23.0. The minimum Gasteiger partial charge on any atom is -0.264 e. The zero-order chi connectivity index (χ0) is 29.0. The first-order chi connectivity index (χ1) is 21.2. The van der Waals surface area contributed by atoms with Crippen LogP contribution in [-0.4, -0.2) is 24.9 Å². The van der Waals surface area contributed by atoms with Crippen molar-refractivity contribution in [1.82, 2.24) is 24.9 Å². The standard InChI is InChI=1S/C37H24ClN5/c38-33-18-17-26(31-15-8-19-39-24-31)23-32(33)27-11-6-13-29(21-27)36-41-35(25-9-2-1-3-10-25)42-37(43-36)30-14-7-12-28(22-30)34-16-4-5-20-40-34/h1-24H. The molecule has 0 fully saturated rings. The smallest absolute Gasteiger partial charge is 0.164 e. The fraction of sp³-hybridized carbons (Fsp3) is 0. The largest absolute Gasteiger partial charge is 0.264 e. The summed E-state index contributed by atoms with van der Waals surface area (Å²) < 4.78 is 0. The van der Waals surface area contributed by atoms with Gasteiger partial charge in [-0.3, -0.25) is 9.97 Å². The van der Waals surface area contributed by atoms with Gasteiger partial charge in [-0.25, -0.2) is 15.0 Å². The second-order valence-corrected chi connectivity index (χ2v) is 10.4. The summed E-state index contributed by atoms with van der Waals surface area (Å²) in [5.74, 6) is 1.77. The minimum absolute atomic E-state index is 0.577. The molecule has 4 aromatic carbocycles. The SMILES string of the molecule is Clc1ccc(-c2cccnc2)cc1-c1cccc(-c2nc(-c3ccccc3)nc(-c3cccc(-c4ccccn4)c3)n2)c1. The summed E-state index contributed by atoms with van der Waals surface area (Å²) in [7, 11) is 0. The topological polar surface area (TPSA) is 64.5 Å². The molecule has 0 atom stereocenters. The summed E-state index contributed by atoms with van der Waals surface area (Å²) in [6, 6.07) is 42.1. The quantitative estimate of drug-likeness (QED) is 0.198. The van der Waals surface area contributed by atoms with Gasteiger partial charge in [-0.05, 0) is 53.6 Å². The Morgan fingerprint density at radius 2 is 1.05 bits per heavy atom. The van der Waals surface area contributed by atoms with Gasteiger partial charge in [0.15, 0.2) is 17.5 Å². The second kappa shape index (κ2) is 11.8. The average molecular weight is 574 g/mol. The predicted molar refractivity (Wildman–Crippen MR) is 173 cm³/mol. The highest BCUT2D eigenvalue weighted by atomic mass is 35.5. The number of halogens is 1. The molecule has 7 rings (SSSR count). The summed E-state index contributed by atoms with van der Waals surface area (Å²) in [6.07, 6.45) is 5.41. The van der Waals surface area contributed by atoms with Gasteiger partial charge in [-0.2, -0.15) is 0 Å². The molecule has 0 saturated heterocycles. The molecule has 3 aromatic heterocycles. The van der Waals surface area contributed by atoms with Crippen LogP contribution in [0.1, 0.15) is 0 Å². The zero-order valence-corrected chi connectivity index (χ0v) is 23.7. The van der Waals surface area contributed by atoms with E-state index in [4.69, 9.17) is 26.6 Å². The molecule has 0 N–H and O–H groups in total. The number of hydrogen-bond acceptors (Lipinski definition) is 5. The van der Waals surface area contributed by atoms with Gasteiger partial charge in [0.1, 0.15) is 0 Å². The molecule has 0 saturated carbocycles. The van der Waals surface area contributed by atoms with E-state index in [0.29, 0.717) is 22.5 Å². The molecular weight excluding hydrogens is 550 g/mol. The molecule has 6 heteroatoms. The maximum Gasteiger partial charge on any atom is 0.164 e. The van der Waals surface area contributed by atoms with Gasteiger partial charge in [0, 0.05) is 57.0 Å². The van der Waals surface area contributed by atoms with E-state index < -0.39 is 0 Å². The van der Waals surface area contributed by atoms with Gasteiger partial charge in [0.2, 0.25) is 0 Å². The second-order valence-electron chi connectivity index (χ2n) is 9.99. The third-order valence-electron chi connectivity index (χ3n) is 7.14. The van der Waals surface area contributed by atoms with Gasteiger partial charge in [0.25, 0.3) is 0 Å². The van der Waals surface area contributed by atoms with Crippen molar-refractivity contribution >= 4 is 11.6 Å². The van der Waals surface area contributed by atoms with Gasteiger partial charge >= 0.3 is 0 Å². The lowest BCUT2D eigenvalue weighted by Gasteiger charge is -2.12. The van der Waals surface area contributed by atoms with Crippen LogP contribution in [0.3, 0.4) is 0 Å². The molecule has 0 radical (unpaired) electrons. The lowest BCUT2D eigenvalue weighted by molar-refractivity contribution is 1.07. The van der Waals surface area contributed by atoms with Crippen molar-refractivity contribution in [3.63, 3.8) is 0 Å². The molecular formula is C37H24ClN5. The molecule has 0 aliphatic heterocycles. The van der Waals surface area contributed by atoms with Crippen molar-refractivity contribution in [2.45, 2.75) is 0 Å². The van der Waals surface area contributed by atoms with Crippen LogP contribution in [-0.2, 0) is 0 Å². The predicted octanol–water partition coefficient (Wildman–Crippen LogP) is 9.32. The van der Waals surface area contributed by atoms with Crippen molar-refractivity contribution in [2.24, 2.45) is 0 Å². The van der Waals surface area contributed by atoms with Crippen LogP contribution in [0, 0.1) is 0 Å². The number of aromatic nitrogens is 5. The Kier molecular flexibility index (Phi) is 7.22. The van der Waals surface area contributed by atoms with E-state index in [2.05, 4.69) is 28.2 Å². The van der Waals surface area contributed by atoms with Crippen molar-refractivity contribution in [3.8, 4) is 67.7 Å². The highest BCUT2D eigenvalue weighted by molar-refractivity contribution is 6.33. The van der Waals surface area contributed by atoms with Gasteiger partial charge < -0.3 is 0 Å². The summed E-state index contributed by atoms with van der Waals surface area (Å²) in [4.78, 5) is 23.6. The number of hydrogen-bond donors (Lipinski definition) is 0. The molecule has 0 amide bonds. The highest BCUT2D eigenvalue weighted by Gasteiger charge is 2.15. The van der Waals surface area contributed by atoms with E-state index >= 15 is 0 Å². The van der Waals surface area contributed by atoms with Gasteiger partial charge in [0.05, 0.1) is 5.69 Å². The molecule has 204 valence electrons. The van der Waals surface area contributed by atoms with Gasteiger partial charge in [-0.15, -0.1) is 0 Å². The van der Waals surface area contributed by atoms with E-state index in [-0.39, 0.29) is 0 Å². The lowest BCUT2D eigenvalue weighted by Crippen LogP contribution is -2.00. The van der Waals surface area contributed by atoms with Crippen molar-refractivity contribution in [2.75, 3.05) is 0 Å². The van der Waals surface area contributed by atoms with E-state index in [1.165, 1.54) is 0 Å². The maximum atomic E-state index is 6.73. The van der Waals surface area contributed by atoms with Crippen molar-refractivity contribution in [3.05, 3.63) is 151 Å². The minimum atomic E-state index is 0.577. The van der Waals surface area contributed by atoms with Crippen molar-refractivity contribution < 1.29 is 0 Å². The molecule has 0 aliphatic carbocycles. The maximum absolute atomic E-state index is 6.73. The highest BCUT2D eigenvalue weighted by Crippen LogP contribution is 2.35. The van der Waals surface area contributed by atoms with Crippen LogP contribution >= 0.6 is 11.6 Å². The summed E-state index contributed by atoms with van der Waals surface area (Å²) in [5, 5.41) is 0.664. The first-order valence-corrected chi connectivity index (χ1v) is 14.2. The third-order valence-corrected chi connectivity index (χ3v) is 7.47. The monoisotopic (exact) mass is 573 g/mol. The van der Waals surface area contributed by atoms with E-state index in [9.17, 15) is 0 Å². The fourth-order valence-corrected chi connectivity index (χ4v) is 5.21. The molecule has 7 aromatic rings. The Labute approximate surface area is 254 Å². The fourth-order valence-electron chi connectivity index (χ4n) is 4.99. The molecule has 3 heterocycles. The number of pyridine rings is 2. The van der Waals surface area contributed by atoms with Crippen LogP contribution < -0.4 is 0 Å². The molecule has 0 unspecified atom stereocenters. The number of rotatable bonds is 6. The van der Waals surface area contributed by atoms with Gasteiger partial charge in [-0.1, -0.05) is 96.5 Å². The van der Waals surface area contributed by atoms with Crippen molar-refractivity contribution in [1.29, 1.82) is 0 Å². The van der Waals surface area contributed by atoms with Crippen LogP contribution in [0.2, 0.25) is 5.02 Å². The lowest BCUT2D eigenvalue weighted by atomic mass is 9.98. The van der Waals surface area contributed by atoms with Crippen LogP contribution in [0.5, 0.6) is 0 Å². The molecule has 5 nitrogen and oxygen atoms in total. The molecule has 0 aliphatic rings. The Balaban J connectivity index is 1.34. The molecule has 43 heavy (non-hydrogen) atoms. The number of nitrogens with zero attached hydrogens (tertiary/aromatic N) is 5. The normalized spacial score (nSPS) is 10.9. The number of benzene rings is 4. The van der Waals surface area contributed by atoms with Crippen LogP contribution in [0.4, 0.5) is 0 Å². The Morgan fingerprint density at radius 1 is 0.419 bits per heavy atom. The Bertz CT molecular complexity index is 2030.